The van der Waals surface area contributed by atoms with Crippen molar-refractivity contribution in [1.82, 2.24) is 0 Å². The van der Waals surface area contributed by atoms with Crippen LogP contribution in [0.1, 0.15) is 137 Å². The van der Waals surface area contributed by atoms with Crippen LogP contribution in [0.5, 0.6) is 0 Å². The van der Waals surface area contributed by atoms with Crippen LogP contribution in [-0.4, -0.2) is 66.1 Å². The first kappa shape index (κ1) is 38.2. The molecule has 0 amide bonds. The molecule has 244 valence electrons. The number of hydrogen-bond acceptors (Lipinski definition) is 10. The lowest BCUT2D eigenvalue weighted by atomic mass is 9.99. The Hall–Kier alpha value is -1.81. The molecule has 0 N–H and O–H groups in total. The number of carbonyl (C=O) groups is 4. The summed E-state index contributed by atoms with van der Waals surface area (Å²) in [7, 11) is 0. The predicted octanol–water partition coefficient (Wildman–Crippen LogP) is 7.06. The minimum Gasteiger partial charge on any atom is -0.463 e. The van der Waals surface area contributed by atoms with Gasteiger partial charge in [-0.3, -0.25) is 19.2 Å². The molecular weight excluding hydrogens is 560 g/mol. The van der Waals surface area contributed by atoms with Gasteiger partial charge in [-0.15, -0.1) is 11.8 Å². The molecule has 1 saturated heterocycles. The summed E-state index contributed by atoms with van der Waals surface area (Å²) in [5.41, 5.74) is -0.693. The highest BCUT2D eigenvalue weighted by Crippen LogP contribution is 2.35. The lowest BCUT2D eigenvalue weighted by Gasteiger charge is -2.44. The van der Waals surface area contributed by atoms with Crippen molar-refractivity contribution in [3.63, 3.8) is 0 Å². The Morgan fingerprint density at radius 1 is 0.548 bits per heavy atom. The SMILES string of the molecule is CCCCCCCCCCCCCCCCCCS[C@@H]1O[C@H](COC(C)=O)[C@H](OC(C)=O)[C@H](OC(C)=O)[C@H]1OC(C)=O. The summed E-state index contributed by atoms with van der Waals surface area (Å²) in [6.07, 6.45) is 16.6. The molecule has 1 heterocycles. The molecule has 0 unspecified atom stereocenters. The van der Waals surface area contributed by atoms with Gasteiger partial charge in [-0.05, 0) is 12.2 Å². The first-order valence-electron chi connectivity index (χ1n) is 16.1. The van der Waals surface area contributed by atoms with Gasteiger partial charge in [-0.25, -0.2) is 0 Å². The van der Waals surface area contributed by atoms with E-state index in [1.54, 1.807) is 0 Å². The highest BCUT2D eigenvalue weighted by molar-refractivity contribution is 7.99. The van der Waals surface area contributed by atoms with Crippen LogP contribution in [0.15, 0.2) is 0 Å². The monoisotopic (exact) mass is 616 g/mol. The standard InChI is InChI=1S/C32H56O9S/c1-6-7-8-9-10-11-12-13-14-15-16-17-18-19-20-21-22-42-32-31(40-27(5)36)30(39-26(4)35)29(38-25(3)34)28(41-32)23-37-24(2)33/h28-32H,6-23H2,1-5H3/t28-,29+,30+,31-,32+/m1/s1. The van der Waals surface area contributed by atoms with E-state index < -0.39 is 53.7 Å². The minimum absolute atomic E-state index is 0.200. The average molecular weight is 617 g/mol. The first-order valence-corrected chi connectivity index (χ1v) is 17.1. The molecule has 0 aromatic carbocycles. The van der Waals surface area contributed by atoms with Crippen molar-refractivity contribution < 1.29 is 42.9 Å². The van der Waals surface area contributed by atoms with Crippen molar-refractivity contribution in [3.8, 4) is 0 Å². The molecule has 0 aromatic heterocycles. The Kier molecular flexibility index (Phi) is 21.5. The summed E-state index contributed by atoms with van der Waals surface area (Å²) in [5, 5.41) is 0. The van der Waals surface area contributed by atoms with E-state index in [4.69, 9.17) is 23.7 Å². The number of thioether (sulfide) groups is 1. The van der Waals surface area contributed by atoms with Crippen LogP contribution in [0.25, 0.3) is 0 Å². The van der Waals surface area contributed by atoms with Crippen LogP contribution in [0, 0.1) is 0 Å². The van der Waals surface area contributed by atoms with Crippen LogP contribution < -0.4 is 0 Å². The summed E-state index contributed by atoms with van der Waals surface area (Å²) < 4.78 is 27.7. The maximum atomic E-state index is 11.9. The molecule has 42 heavy (non-hydrogen) atoms. The van der Waals surface area contributed by atoms with Crippen LogP contribution in [0.4, 0.5) is 0 Å². The molecule has 0 aromatic rings. The highest BCUT2D eigenvalue weighted by Gasteiger charge is 2.52. The van der Waals surface area contributed by atoms with Crippen molar-refractivity contribution >= 4 is 35.6 Å². The van der Waals surface area contributed by atoms with Gasteiger partial charge in [0.1, 0.15) is 18.1 Å². The molecule has 9 nitrogen and oxygen atoms in total. The van der Waals surface area contributed by atoms with E-state index in [9.17, 15) is 19.2 Å². The smallest absolute Gasteiger partial charge is 0.303 e. The second-order valence-electron chi connectivity index (χ2n) is 11.2. The number of esters is 4. The Morgan fingerprint density at radius 2 is 0.952 bits per heavy atom. The quantitative estimate of drug-likeness (QED) is 0.0671. The summed E-state index contributed by atoms with van der Waals surface area (Å²) in [6.45, 7) is 7.02. The molecule has 0 saturated carbocycles. The topological polar surface area (TPSA) is 114 Å². The number of ether oxygens (including phenoxy) is 5. The average Bonchev–Trinajstić information content (AvgIpc) is 2.91. The number of hydrogen-bond donors (Lipinski definition) is 0. The zero-order chi connectivity index (χ0) is 31.2. The fraction of sp³-hybridized carbons (Fsp3) is 0.875. The van der Waals surface area contributed by atoms with Crippen molar-refractivity contribution in [3.05, 3.63) is 0 Å². The van der Waals surface area contributed by atoms with Gasteiger partial charge in [0.25, 0.3) is 0 Å². The third kappa shape index (κ3) is 18.0. The summed E-state index contributed by atoms with van der Waals surface area (Å²) in [6, 6.07) is 0. The van der Waals surface area contributed by atoms with E-state index in [0.29, 0.717) is 0 Å². The molecule has 1 aliphatic rings. The van der Waals surface area contributed by atoms with Gasteiger partial charge in [0.15, 0.2) is 18.3 Å². The fourth-order valence-corrected chi connectivity index (χ4v) is 6.40. The van der Waals surface area contributed by atoms with Crippen LogP contribution >= 0.6 is 11.8 Å². The number of unbranched alkanes of at least 4 members (excludes halogenated alkanes) is 15. The molecule has 0 aliphatic carbocycles. The summed E-state index contributed by atoms with van der Waals surface area (Å²) in [4.78, 5) is 47.2. The second kappa shape index (κ2) is 23.6. The molecule has 0 radical (unpaired) electrons. The zero-order valence-electron chi connectivity index (χ0n) is 26.7. The number of carbonyl (C=O) groups excluding carboxylic acids is 4. The van der Waals surface area contributed by atoms with Gasteiger partial charge >= 0.3 is 23.9 Å². The maximum absolute atomic E-state index is 11.9. The Labute approximate surface area is 257 Å². The van der Waals surface area contributed by atoms with Crippen LogP contribution in [0.2, 0.25) is 0 Å². The van der Waals surface area contributed by atoms with Gasteiger partial charge in [-0.1, -0.05) is 103 Å². The molecule has 0 bridgehead atoms. The largest absolute Gasteiger partial charge is 0.463 e. The Bertz CT molecular complexity index is 775. The van der Waals surface area contributed by atoms with E-state index in [2.05, 4.69) is 6.92 Å². The first-order chi connectivity index (χ1) is 20.1. The van der Waals surface area contributed by atoms with E-state index >= 15 is 0 Å². The highest BCUT2D eigenvalue weighted by atomic mass is 32.2. The van der Waals surface area contributed by atoms with E-state index in [1.165, 1.54) is 123 Å². The van der Waals surface area contributed by atoms with Crippen molar-refractivity contribution in [1.29, 1.82) is 0 Å². The van der Waals surface area contributed by atoms with Crippen molar-refractivity contribution in [2.45, 2.75) is 167 Å². The normalized spacial score (nSPS) is 21.9. The summed E-state index contributed by atoms with van der Waals surface area (Å²) >= 11 is 1.45. The van der Waals surface area contributed by atoms with Crippen LogP contribution in [-0.2, 0) is 42.9 Å². The van der Waals surface area contributed by atoms with Gasteiger partial charge < -0.3 is 23.7 Å². The third-order valence-corrected chi connectivity index (χ3v) is 8.46. The van der Waals surface area contributed by atoms with Gasteiger partial charge in [0.05, 0.1) is 0 Å². The van der Waals surface area contributed by atoms with E-state index in [1.807, 2.05) is 0 Å². The zero-order valence-corrected chi connectivity index (χ0v) is 27.5. The van der Waals surface area contributed by atoms with E-state index in [-0.39, 0.29) is 6.61 Å². The number of rotatable bonds is 23. The lowest BCUT2D eigenvalue weighted by molar-refractivity contribution is -0.237. The molecule has 10 heteroatoms. The predicted molar refractivity (Wildman–Crippen MR) is 164 cm³/mol. The van der Waals surface area contributed by atoms with Gasteiger partial charge in [0.2, 0.25) is 0 Å². The molecule has 1 fully saturated rings. The molecule has 0 spiro atoms. The van der Waals surface area contributed by atoms with Gasteiger partial charge in [0, 0.05) is 27.7 Å². The van der Waals surface area contributed by atoms with Crippen molar-refractivity contribution in [2.75, 3.05) is 12.4 Å². The van der Waals surface area contributed by atoms with Gasteiger partial charge in [-0.2, -0.15) is 0 Å². The molecule has 1 aliphatic heterocycles. The van der Waals surface area contributed by atoms with Crippen LogP contribution in [0.3, 0.4) is 0 Å². The Morgan fingerprint density at radius 3 is 1.38 bits per heavy atom. The molecular formula is C32H56O9S. The van der Waals surface area contributed by atoms with Crippen molar-refractivity contribution in [2.24, 2.45) is 0 Å². The summed E-state index contributed by atoms with van der Waals surface area (Å²) in [5.74, 6) is -1.61. The third-order valence-electron chi connectivity index (χ3n) is 7.23. The van der Waals surface area contributed by atoms with E-state index in [0.717, 1.165) is 25.0 Å². The Balaban J connectivity index is 2.46. The molecule has 5 atom stereocenters. The fourth-order valence-electron chi connectivity index (χ4n) is 5.17. The molecule has 1 rings (SSSR count). The lowest BCUT2D eigenvalue weighted by Crippen LogP contribution is -2.61. The maximum Gasteiger partial charge on any atom is 0.303 e. The minimum atomic E-state index is -1.11. The second-order valence-corrected chi connectivity index (χ2v) is 12.4.